The lowest BCUT2D eigenvalue weighted by Crippen LogP contribution is -2.33. The van der Waals surface area contributed by atoms with Gasteiger partial charge in [0.05, 0.1) is 11.7 Å². The Hall–Kier alpha value is -2.64. The van der Waals surface area contributed by atoms with E-state index in [-0.39, 0.29) is 35.4 Å². The number of likely N-dealkylation sites (tertiary alicyclic amines) is 1. The van der Waals surface area contributed by atoms with Crippen LogP contribution in [0.3, 0.4) is 0 Å². The van der Waals surface area contributed by atoms with Crippen molar-refractivity contribution in [3.05, 3.63) is 33.4 Å². The van der Waals surface area contributed by atoms with Crippen LogP contribution in [0.5, 0.6) is 0 Å². The zero-order valence-electron chi connectivity index (χ0n) is 19.0. The van der Waals surface area contributed by atoms with Crippen LogP contribution in [0, 0.1) is 18.8 Å². The highest BCUT2D eigenvalue weighted by Crippen LogP contribution is 2.42. The number of nitrogens with one attached hydrogen (secondary N) is 2. The Bertz CT molecular complexity index is 1100. The summed E-state index contributed by atoms with van der Waals surface area (Å²) >= 11 is 0. The highest BCUT2D eigenvalue weighted by molar-refractivity contribution is 5.82. The monoisotopic (exact) mass is 439 g/mol. The molecule has 5 rings (SSSR count). The highest BCUT2D eigenvalue weighted by Gasteiger charge is 2.44. The molecule has 3 fully saturated rings. The molecule has 2 amide bonds. The number of rotatable bonds is 6. The molecule has 2 aromatic rings. The van der Waals surface area contributed by atoms with Gasteiger partial charge in [0.25, 0.3) is 5.56 Å². The van der Waals surface area contributed by atoms with Gasteiger partial charge in [-0.2, -0.15) is 0 Å². The molecule has 8 heteroatoms. The van der Waals surface area contributed by atoms with Crippen molar-refractivity contribution in [3.8, 4) is 0 Å². The lowest BCUT2D eigenvalue weighted by molar-refractivity contribution is -0.133. The van der Waals surface area contributed by atoms with Crippen molar-refractivity contribution in [2.75, 3.05) is 6.54 Å². The van der Waals surface area contributed by atoms with Crippen LogP contribution in [0.2, 0.25) is 0 Å². The highest BCUT2D eigenvalue weighted by atomic mass is 16.2. The average Bonchev–Trinajstić information content (AvgIpc) is 3.22. The predicted molar refractivity (Wildman–Crippen MR) is 120 cm³/mol. The van der Waals surface area contributed by atoms with Gasteiger partial charge in [-0.3, -0.25) is 19.5 Å². The SMILES string of the molecule is Cc1nc2cc(C3CCCN3C(=O)C3CC3C)[nH]n2c(=O)c1CCC(=O)NC1CCCC1. The molecule has 3 atom stereocenters. The van der Waals surface area contributed by atoms with Crippen LogP contribution < -0.4 is 10.9 Å². The molecule has 2 N–H and O–H groups in total. The third kappa shape index (κ3) is 3.95. The normalized spacial score (nSPS) is 25.6. The number of fused-ring (bicyclic) bond motifs is 1. The Labute approximate surface area is 187 Å². The lowest BCUT2D eigenvalue weighted by Gasteiger charge is -2.24. The summed E-state index contributed by atoms with van der Waals surface area (Å²) in [6, 6.07) is 2.15. The number of aromatic amines is 1. The minimum absolute atomic E-state index is 0.00221. The Balaban J connectivity index is 1.34. The molecular formula is C24H33N5O3. The maximum absolute atomic E-state index is 13.2. The molecule has 1 aliphatic heterocycles. The molecule has 172 valence electrons. The first kappa shape index (κ1) is 21.2. The van der Waals surface area contributed by atoms with E-state index in [1.165, 1.54) is 17.4 Å². The summed E-state index contributed by atoms with van der Waals surface area (Å²) in [6.07, 6.45) is 7.94. The molecule has 2 aliphatic carbocycles. The van der Waals surface area contributed by atoms with E-state index in [1.807, 2.05) is 17.9 Å². The van der Waals surface area contributed by atoms with E-state index >= 15 is 0 Å². The Morgan fingerprint density at radius 2 is 1.97 bits per heavy atom. The van der Waals surface area contributed by atoms with Crippen LogP contribution >= 0.6 is 0 Å². The van der Waals surface area contributed by atoms with Gasteiger partial charge in [-0.15, -0.1) is 0 Å². The molecule has 1 saturated heterocycles. The fourth-order valence-electron chi connectivity index (χ4n) is 5.49. The van der Waals surface area contributed by atoms with Crippen LogP contribution in [-0.4, -0.2) is 43.9 Å². The van der Waals surface area contributed by atoms with Crippen LogP contribution in [-0.2, 0) is 16.0 Å². The van der Waals surface area contributed by atoms with Gasteiger partial charge < -0.3 is 10.2 Å². The van der Waals surface area contributed by atoms with Gasteiger partial charge in [0.15, 0.2) is 5.65 Å². The first-order chi connectivity index (χ1) is 15.4. The number of aryl methyl sites for hydroxylation is 1. The molecule has 2 saturated carbocycles. The minimum Gasteiger partial charge on any atom is -0.353 e. The third-order valence-electron chi connectivity index (χ3n) is 7.58. The first-order valence-electron chi connectivity index (χ1n) is 12.1. The van der Waals surface area contributed by atoms with Gasteiger partial charge in [0.1, 0.15) is 0 Å². The average molecular weight is 440 g/mol. The summed E-state index contributed by atoms with van der Waals surface area (Å²) in [4.78, 5) is 45.0. The summed E-state index contributed by atoms with van der Waals surface area (Å²) in [5.41, 5.74) is 2.52. The van der Waals surface area contributed by atoms with Crippen molar-refractivity contribution in [2.45, 2.75) is 83.7 Å². The smallest absolute Gasteiger partial charge is 0.276 e. The molecule has 0 radical (unpaired) electrons. The largest absolute Gasteiger partial charge is 0.353 e. The molecule has 0 spiro atoms. The quantitative estimate of drug-likeness (QED) is 0.723. The van der Waals surface area contributed by atoms with Crippen molar-refractivity contribution in [3.63, 3.8) is 0 Å². The second-order valence-corrected chi connectivity index (χ2v) is 9.94. The number of hydrogen-bond donors (Lipinski definition) is 2. The number of carbonyl (C=O) groups is 2. The van der Waals surface area contributed by atoms with E-state index < -0.39 is 0 Å². The van der Waals surface area contributed by atoms with E-state index in [4.69, 9.17) is 0 Å². The molecule has 2 aromatic heterocycles. The second kappa shape index (κ2) is 8.37. The first-order valence-corrected chi connectivity index (χ1v) is 12.1. The third-order valence-corrected chi connectivity index (χ3v) is 7.58. The second-order valence-electron chi connectivity index (χ2n) is 9.94. The fourth-order valence-corrected chi connectivity index (χ4v) is 5.49. The fraction of sp³-hybridized carbons (Fsp3) is 0.667. The molecule has 0 aromatic carbocycles. The van der Waals surface area contributed by atoms with Crippen molar-refractivity contribution in [1.29, 1.82) is 0 Å². The Kier molecular flexibility index (Phi) is 5.55. The lowest BCUT2D eigenvalue weighted by atomic mass is 10.1. The summed E-state index contributed by atoms with van der Waals surface area (Å²) in [5, 5.41) is 6.31. The summed E-state index contributed by atoms with van der Waals surface area (Å²) in [6.45, 7) is 4.72. The van der Waals surface area contributed by atoms with Crippen LogP contribution in [0.25, 0.3) is 5.65 Å². The number of hydrogen-bond acceptors (Lipinski definition) is 4. The summed E-state index contributed by atoms with van der Waals surface area (Å²) < 4.78 is 1.48. The van der Waals surface area contributed by atoms with Crippen LogP contribution in [0.15, 0.2) is 10.9 Å². The molecule has 3 unspecified atom stereocenters. The van der Waals surface area contributed by atoms with E-state index in [1.54, 1.807) is 0 Å². The molecule has 0 bridgehead atoms. The molecule has 32 heavy (non-hydrogen) atoms. The number of aromatic nitrogens is 3. The zero-order chi connectivity index (χ0) is 22.4. The van der Waals surface area contributed by atoms with Crippen molar-refractivity contribution < 1.29 is 9.59 Å². The van der Waals surface area contributed by atoms with Crippen LogP contribution in [0.4, 0.5) is 0 Å². The summed E-state index contributed by atoms with van der Waals surface area (Å²) in [7, 11) is 0. The Morgan fingerprint density at radius 3 is 2.69 bits per heavy atom. The van der Waals surface area contributed by atoms with E-state index in [9.17, 15) is 14.4 Å². The topological polar surface area (TPSA) is 99.6 Å². The molecule has 3 aliphatic rings. The van der Waals surface area contributed by atoms with Gasteiger partial charge in [0.2, 0.25) is 11.8 Å². The minimum atomic E-state index is -0.154. The van der Waals surface area contributed by atoms with Crippen LogP contribution in [0.1, 0.15) is 81.3 Å². The maximum Gasteiger partial charge on any atom is 0.276 e. The number of H-pyrrole nitrogens is 1. The molecular weight excluding hydrogens is 406 g/mol. The Morgan fingerprint density at radius 1 is 1.22 bits per heavy atom. The van der Waals surface area contributed by atoms with E-state index in [2.05, 4.69) is 22.3 Å². The van der Waals surface area contributed by atoms with Gasteiger partial charge in [-0.05, 0) is 51.4 Å². The van der Waals surface area contributed by atoms with Crippen molar-refractivity contribution >= 4 is 17.5 Å². The predicted octanol–water partition coefficient (Wildman–Crippen LogP) is 2.64. The van der Waals surface area contributed by atoms with Gasteiger partial charge in [0, 0.05) is 42.2 Å². The van der Waals surface area contributed by atoms with Crippen molar-refractivity contribution in [2.24, 2.45) is 11.8 Å². The number of amides is 2. The van der Waals surface area contributed by atoms with Gasteiger partial charge in [-0.1, -0.05) is 19.8 Å². The number of nitrogens with zero attached hydrogens (tertiary/aromatic N) is 3. The standard InChI is InChI=1S/C24H33N5O3/c1-14-12-18(14)23(31)28-11-5-8-20(28)19-13-21-25-15(2)17(24(32)29(21)27-19)9-10-22(30)26-16-6-3-4-7-16/h13-14,16,18,20,27H,3-12H2,1-2H3,(H,26,30). The molecule has 8 nitrogen and oxygen atoms in total. The van der Waals surface area contributed by atoms with Gasteiger partial charge >= 0.3 is 0 Å². The zero-order valence-corrected chi connectivity index (χ0v) is 19.0. The molecule has 3 heterocycles. The number of carbonyl (C=O) groups excluding carboxylic acids is 2. The van der Waals surface area contributed by atoms with E-state index in [0.717, 1.165) is 44.3 Å². The van der Waals surface area contributed by atoms with Gasteiger partial charge in [-0.25, -0.2) is 9.50 Å². The summed E-state index contributed by atoms with van der Waals surface area (Å²) in [5.74, 6) is 0.878. The van der Waals surface area contributed by atoms with Crippen molar-refractivity contribution in [1.82, 2.24) is 24.8 Å². The maximum atomic E-state index is 13.2. The van der Waals surface area contributed by atoms with E-state index in [0.29, 0.717) is 35.7 Å².